The largest absolute Gasteiger partial charge is 0.423 e. The number of ether oxygens (including phenoxy) is 1. The van der Waals surface area contributed by atoms with Gasteiger partial charge in [0.1, 0.15) is 6.04 Å². The molecule has 0 aromatic heterocycles. The Morgan fingerprint density at radius 2 is 1.60 bits per heavy atom. The zero-order valence-electron chi connectivity index (χ0n) is 16.4. The number of hydrogen-bond donors (Lipinski definition) is 1. The molecule has 30 heavy (non-hydrogen) atoms. The lowest BCUT2D eigenvalue weighted by molar-refractivity contribution is -0.138. The number of benzene rings is 3. The number of amides is 2. The molecule has 1 atom stereocenters. The van der Waals surface area contributed by atoms with Crippen molar-refractivity contribution in [3.05, 3.63) is 90.0 Å². The van der Waals surface area contributed by atoms with E-state index in [1.54, 1.807) is 60.7 Å². The Bertz CT molecular complexity index is 1110. The van der Waals surface area contributed by atoms with Gasteiger partial charge in [0.15, 0.2) is 5.75 Å². The third kappa shape index (κ3) is 3.80. The number of nitrogens with one attached hydrogen (secondary N) is 1. The Morgan fingerprint density at radius 3 is 2.37 bits per heavy atom. The second-order valence-electron chi connectivity index (χ2n) is 7.01. The van der Waals surface area contributed by atoms with Crippen LogP contribution in [0.15, 0.2) is 78.9 Å². The van der Waals surface area contributed by atoms with Crippen molar-refractivity contribution in [3.8, 4) is 5.75 Å². The molecule has 1 aliphatic heterocycles. The van der Waals surface area contributed by atoms with Crippen molar-refractivity contribution in [1.29, 1.82) is 0 Å². The second-order valence-corrected chi connectivity index (χ2v) is 7.01. The molecule has 1 unspecified atom stereocenters. The van der Waals surface area contributed by atoms with Gasteiger partial charge in [0, 0.05) is 11.3 Å². The van der Waals surface area contributed by atoms with E-state index >= 15 is 0 Å². The Morgan fingerprint density at radius 1 is 0.933 bits per heavy atom. The summed E-state index contributed by atoms with van der Waals surface area (Å²) in [5.74, 6) is -1.08. The minimum atomic E-state index is -1.07. The molecule has 0 aliphatic carbocycles. The first-order chi connectivity index (χ1) is 14.5. The van der Waals surface area contributed by atoms with E-state index in [-0.39, 0.29) is 18.2 Å². The summed E-state index contributed by atoms with van der Waals surface area (Å²) in [6.07, 6.45) is -0.223. The average molecular weight is 400 g/mol. The first kappa shape index (κ1) is 19.4. The number of esters is 1. The summed E-state index contributed by atoms with van der Waals surface area (Å²) >= 11 is 0. The molecule has 3 aromatic carbocycles. The molecule has 0 radical (unpaired) electrons. The molecule has 3 aromatic rings. The monoisotopic (exact) mass is 400 g/mol. The number of anilines is 2. The van der Waals surface area contributed by atoms with Gasteiger partial charge in [-0.1, -0.05) is 48.5 Å². The molecule has 1 heterocycles. The van der Waals surface area contributed by atoms with Gasteiger partial charge in [0.05, 0.1) is 12.1 Å². The molecule has 4 rings (SSSR count). The van der Waals surface area contributed by atoms with Crippen LogP contribution in [0.5, 0.6) is 5.75 Å². The lowest BCUT2D eigenvalue weighted by atomic mass is 10.0. The van der Waals surface area contributed by atoms with Gasteiger partial charge < -0.3 is 10.1 Å². The molecular weight excluding hydrogens is 380 g/mol. The number of carbonyl (C=O) groups excluding carboxylic acids is 3. The fourth-order valence-corrected chi connectivity index (χ4v) is 3.47. The third-order valence-electron chi connectivity index (χ3n) is 4.95. The summed E-state index contributed by atoms with van der Waals surface area (Å²) < 4.78 is 5.43. The fourth-order valence-electron chi connectivity index (χ4n) is 3.47. The molecule has 0 fully saturated rings. The molecule has 1 aliphatic rings. The highest BCUT2D eigenvalue weighted by atomic mass is 16.5. The van der Waals surface area contributed by atoms with Gasteiger partial charge in [-0.15, -0.1) is 0 Å². The third-order valence-corrected chi connectivity index (χ3v) is 4.95. The van der Waals surface area contributed by atoms with Crippen LogP contribution < -0.4 is 15.0 Å². The van der Waals surface area contributed by atoms with E-state index in [9.17, 15) is 14.4 Å². The SMILES string of the molecule is Cc1ccccc1C(=O)N1c2ccccc2OC(=O)C1CC(=O)Nc1ccccc1. The van der Waals surface area contributed by atoms with E-state index in [1.807, 2.05) is 25.1 Å². The number of rotatable bonds is 4. The normalized spacial score (nSPS) is 15.2. The van der Waals surface area contributed by atoms with Crippen molar-refractivity contribution in [2.75, 3.05) is 10.2 Å². The summed E-state index contributed by atoms with van der Waals surface area (Å²) in [5, 5.41) is 2.76. The summed E-state index contributed by atoms with van der Waals surface area (Å²) in [7, 11) is 0. The summed E-state index contributed by atoms with van der Waals surface area (Å²) in [6.45, 7) is 1.83. The Labute approximate surface area is 174 Å². The molecule has 1 N–H and O–H groups in total. The van der Waals surface area contributed by atoms with Gasteiger partial charge in [-0.25, -0.2) is 4.79 Å². The predicted molar refractivity (Wildman–Crippen MR) is 114 cm³/mol. The van der Waals surface area contributed by atoms with Crippen LogP contribution in [0.1, 0.15) is 22.3 Å². The molecular formula is C24H20N2O4. The molecule has 0 saturated heterocycles. The van der Waals surface area contributed by atoms with Crippen LogP contribution in [0, 0.1) is 6.92 Å². The minimum Gasteiger partial charge on any atom is -0.423 e. The van der Waals surface area contributed by atoms with Gasteiger partial charge in [-0.05, 0) is 42.8 Å². The van der Waals surface area contributed by atoms with Crippen LogP contribution in [-0.4, -0.2) is 23.8 Å². The van der Waals surface area contributed by atoms with Crippen LogP contribution in [0.3, 0.4) is 0 Å². The van der Waals surface area contributed by atoms with E-state index < -0.39 is 12.0 Å². The molecule has 0 saturated carbocycles. The highest BCUT2D eigenvalue weighted by Gasteiger charge is 2.40. The van der Waals surface area contributed by atoms with E-state index in [2.05, 4.69) is 5.32 Å². The number of hydrogen-bond acceptors (Lipinski definition) is 4. The molecule has 0 spiro atoms. The molecule has 6 nitrogen and oxygen atoms in total. The van der Waals surface area contributed by atoms with Crippen molar-refractivity contribution in [2.45, 2.75) is 19.4 Å². The summed E-state index contributed by atoms with van der Waals surface area (Å²) in [5.41, 5.74) is 2.33. The second kappa shape index (κ2) is 8.21. The summed E-state index contributed by atoms with van der Waals surface area (Å²) in [6, 6.07) is 21.9. The van der Waals surface area contributed by atoms with Crippen LogP contribution >= 0.6 is 0 Å². The maximum Gasteiger partial charge on any atom is 0.335 e. The van der Waals surface area contributed by atoms with Crippen LogP contribution in [0.2, 0.25) is 0 Å². The maximum absolute atomic E-state index is 13.5. The number of aryl methyl sites for hydroxylation is 1. The fraction of sp³-hybridized carbons (Fsp3) is 0.125. The van der Waals surface area contributed by atoms with Crippen molar-refractivity contribution in [2.24, 2.45) is 0 Å². The maximum atomic E-state index is 13.5. The molecule has 6 heteroatoms. The zero-order valence-corrected chi connectivity index (χ0v) is 16.4. The van der Waals surface area contributed by atoms with E-state index in [0.29, 0.717) is 22.7 Å². The van der Waals surface area contributed by atoms with E-state index in [0.717, 1.165) is 5.56 Å². The molecule has 0 bridgehead atoms. The number of nitrogens with zero attached hydrogens (tertiary/aromatic N) is 1. The topological polar surface area (TPSA) is 75.7 Å². The summed E-state index contributed by atoms with van der Waals surface area (Å²) in [4.78, 5) is 40.3. The lowest BCUT2D eigenvalue weighted by Crippen LogP contribution is -2.51. The van der Waals surface area contributed by atoms with Gasteiger partial charge >= 0.3 is 5.97 Å². The van der Waals surface area contributed by atoms with Crippen molar-refractivity contribution < 1.29 is 19.1 Å². The first-order valence-corrected chi connectivity index (χ1v) is 9.59. The van der Waals surface area contributed by atoms with Gasteiger partial charge in [-0.3, -0.25) is 14.5 Å². The van der Waals surface area contributed by atoms with Crippen molar-refractivity contribution in [3.63, 3.8) is 0 Å². The zero-order chi connectivity index (χ0) is 21.1. The predicted octanol–water partition coefficient (Wildman–Crippen LogP) is 3.96. The molecule has 150 valence electrons. The quantitative estimate of drug-likeness (QED) is 0.531. The molecule has 2 amide bonds. The van der Waals surface area contributed by atoms with E-state index in [4.69, 9.17) is 4.74 Å². The van der Waals surface area contributed by atoms with Gasteiger partial charge in [-0.2, -0.15) is 0 Å². The van der Waals surface area contributed by atoms with Gasteiger partial charge in [0.25, 0.3) is 5.91 Å². The lowest BCUT2D eigenvalue weighted by Gasteiger charge is -2.35. The minimum absolute atomic E-state index is 0.223. The average Bonchev–Trinajstić information content (AvgIpc) is 2.75. The number of fused-ring (bicyclic) bond motifs is 1. The highest BCUT2D eigenvalue weighted by Crippen LogP contribution is 2.36. The number of para-hydroxylation sites is 3. The Hall–Kier alpha value is -3.93. The Kier molecular flexibility index (Phi) is 5.30. The van der Waals surface area contributed by atoms with Crippen LogP contribution in [-0.2, 0) is 9.59 Å². The smallest absolute Gasteiger partial charge is 0.335 e. The Balaban J connectivity index is 1.68. The number of carbonyl (C=O) groups is 3. The van der Waals surface area contributed by atoms with Crippen LogP contribution in [0.4, 0.5) is 11.4 Å². The van der Waals surface area contributed by atoms with Gasteiger partial charge in [0.2, 0.25) is 5.91 Å². The van der Waals surface area contributed by atoms with Crippen LogP contribution in [0.25, 0.3) is 0 Å². The first-order valence-electron chi connectivity index (χ1n) is 9.59. The van der Waals surface area contributed by atoms with Crippen molar-refractivity contribution >= 4 is 29.2 Å². The standard InChI is InChI=1S/C24H20N2O4/c1-16-9-5-6-12-18(16)23(28)26-19-13-7-8-14-21(19)30-24(29)20(26)15-22(27)25-17-10-3-2-4-11-17/h2-14,20H,15H2,1H3,(H,25,27). The highest BCUT2D eigenvalue weighted by molar-refractivity contribution is 6.13. The van der Waals surface area contributed by atoms with E-state index in [1.165, 1.54) is 4.90 Å². The van der Waals surface area contributed by atoms with Crippen molar-refractivity contribution in [1.82, 2.24) is 0 Å².